The van der Waals surface area contributed by atoms with E-state index in [-0.39, 0.29) is 12.3 Å². The fourth-order valence-corrected chi connectivity index (χ4v) is 6.58. The molecular formula is C26H32N6O3S. The molecule has 3 aliphatic rings. The van der Waals surface area contributed by atoms with Crippen molar-refractivity contribution in [3.05, 3.63) is 23.4 Å². The van der Waals surface area contributed by atoms with Crippen LogP contribution in [-0.2, 0) is 19.6 Å². The van der Waals surface area contributed by atoms with Crippen LogP contribution in [0.25, 0.3) is 21.6 Å². The van der Waals surface area contributed by atoms with Gasteiger partial charge in [0.2, 0.25) is 0 Å². The number of ether oxygens (including phenoxy) is 3. The van der Waals surface area contributed by atoms with Gasteiger partial charge in [0.05, 0.1) is 46.8 Å². The summed E-state index contributed by atoms with van der Waals surface area (Å²) in [7, 11) is 0. The zero-order valence-corrected chi connectivity index (χ0v) is 21.7. The Balaban J connectivity index is 1.55. The summed E-state index contributed by atoms with van der Waals surface area (Å²) in [6, 6.07) is 7.08. The second-order valence-corrected chi connectivity index (χ2v) is 10.9. The number of rotatable bonds is 4. The molecule has 190 valence electrons. The van der Waals surface area contributed by atoms with Crippen molar-refractivity contribution in [1.29, 1.82) is 5.26 Å². The van der Waals surface area contributed by atoms with Crippen LogP contribution in [0.3, 0.4) is 0 Å². The molecule has 0 saturated carbocycles. The first-order valence-electron chi connectivity index (χ1n) is 12.9. The summed E-state index contributed by atoms with van der Waals surface area (Å²) in [5.41, 5.74) is 3.91. The smallest absolute Gasteiger partial charge is 0.150 e. The summed E-state index contributed by atoms with van der Waals surface area (Å²) in [5, 5.41) is 15.2. The van der Waals surface area contributed by atoms with Crippen molar-refractivity contribution < 1.29 is 14.2 Å². The molecule has 3 saturated heterocycles. The molecule has 0 radical (unpaired) electrons. The molecular weight excluding hydrogens is 476 g/mol. The highest BCUT2D eigenvalue weighted by atomic mass is 32.1. The van der Waals surface area contributed by atoms with Gasteiger partial charge in [0.15, 0.2) is 6.23 Å². The molecule has 0 aromatic carbocycles. The third-order valence-electron chi connectivity index (χ3n) is 7.68. The van der Waals surface area contributed by atoms with E-state index < -0.39 is 5.41 Å². The van der Waals surface area contributed by atoms with Gasteiger partial charge in [0, 0.05) is 26.4 Å². The van der Waals surface area contributed by atoms with Crippen molar-refractivity contribution in [3.63, 3.8) is 0 Å². The molecule has 0 aliphatic carbocycles. The highest BCUT2D eigenvalue weighted by Crippen LogP contribution is 2.44. The van der Waals surface area contributed by atoms with Gasteiger partial charge in [-0.15, -0.1) is 0 Å². The third-order valence-corrected chi connectivity index (χ3v) is 8.55. The highest BCUT2D eigenvalue weighted by molar-refractivity contribution is 7.13. The van der Waals surface area contributed by atoms with Gasteiger partial charge in [0.1, 0.15) is 17.0 Å². The standard InChI is InChI=1S/C26H32N6O3S/c1-17-13-20(32(29-17)22-5-3-4-9-35-22)23-24-25(36-30-23)19(26(16-27)6-10-33-11-7-26)14-21(28-24)31-8-12-34-15-18(31)2/h13-14,18,22H,3-12,15H2,1-2H3. The summed E-state index contributed by atoms with van der Waals surface area (Å²) >= 11 is 1.43. The Kier molecular flexibility index (Phi) is 6.42. The number of aryl methyl sites for hydroxylation is 1. The van der Waals surface area contributed by atoms with E-state index in [1.54, 1.807) is 0 Å². The lowest BCUT2D eigenvalue weighted by atomic mass is 9.75. The zero-order valence-electron chi connectivity index (χ0n) is 20.9. The van der Waals surface area contributed by atoms with Crippen LogP contribution in [0, 0.1) is 18.3 Å². The highest BCUT2D eigenvalue weighted by Gasteiger charge is 2.39. The molecule has 0 bridgehead atoms. The molecule has 10 heteroatoms. The minimum atomic E-state index is -0.615. The number of fused-ring (bicyclic) bond motifs is 1. The number of hydrogen-bond acceptors (Lipinski definition) is 9. The lowest BCUT2D eigenvalue weighted by molar-refractivity contribution is -0.0385. The minimum absolute atomic E-state index is 0.0953. The number of morpholine rings is 1. The molecule has 3 aromatic rings. The Morgan fingerprint density at radius 3 is 2.75 bits per heavy atom. The predicted octanol–water partition coefficient (Wildman–Crippen LogP) is 4.36. The first-order chi connectivity index (χ1) is 17.6. The normalized spacial score (nSPS) is 24.6. The van der Waals surface area contributed by atoms with E-state index in [9.17, 15) is 5.26 Å². The average Bonchev–Trinajstić information content (AvgIpc) is 3.52. The Bertz CT molecular complexity index is 1280. The fraction of sp³-hybridized carbons (Fsp3) is 0.615. The Hall–Kier alpha value is -2.58. The van der Waals surface area contributed by atoms with E-state index in [0.717, 1.165) is 71.1 Å². The largest absolute Gasteiger partial charge is 0.381 e. The Morgan fingerprint density at radius 2 is 2.00 bits per heavy atom. The number of aromatic nitrogens is 4. The van der Waals surface area contributed by atoms with Crippen LogP contribution in [0.15, 0.2) is 12.1 Å². The van der Waals surface area contributed by atoms with Gasteiger partial charge in [0.25, 0.3) is 0 Å². The van der Waals surface area contributed by atoms with Crippen molar-refractivity contribution >= 4 is 27.6 Å². The van der Waals surface area contributed by atoms with Crippen LogP contribution in [-0.4, -0.2) is 64.8 Å². The number of hydrogen-bond donors (Lipinski definition) is 0. The first-order valence-corrected chi connectivity index (χ1v) is 13.7. The van der Waals surface area contributed by atoms with Gasteiger partial charge >= 0.3 is 0 Å². The lowest BCUT2D eigenvalue weighted by Crippen LogP contribution is -2.44. The van der Waals surface area contributed by atoms with Crippen LogP contribution in [0.1, 0.15) is 56.5 Å². The molecule has 9 nitrogen and oxygen atoms in total. The summed E-state index contributed by atoms with van der Waals surface area (Å²) in [4.78, 5) is 7.49. The van der Waals surface area contributed by atoms with E-state index in [2.05, 4.69) is 30.0 Å². The topological polar surface area (TPSA) is 98.3 Å². The van der Waals surface area contributed by atoms with Crippen LogP contribution < -0.4 is 4.90 Å². The molecule has 6 heterocycles. The lowest BCUT2D eigenvalue weighted by Gasteiger charge is -2.36. The van der Waals surface area contributed by atoms with E-state index in [1.807, 2.05) is 11.6 Å². The molecule has 0 N–H and O–H groups in total. The molecule has 3 fully saturated rings. The SMILES string of the molecule is Cc1cc(-c2nsc3c(C4(C#N)CCOCC4)cc(N4CCOCC4C)nc23)n(C2CCCCO2)n1. The van der Waals surface area contributed by atoms with Gasteiger partial charge in [-0.05, 0) is 75.2 Å². The van der Waals surface area contributed by atoms with Crippen molar-refractivity contribution in [2.75, 3.05) is 44.5 Å². The summed E-state index contributed by atoms with van der Waals surface area (Å²) in [5.74, 6) is 0.882. The number of pyridine rings is 1. The quantitative estimate of drug-likeness (QED) is 0.513. The van der Waals surface area contributed by atoms with Gasteiger partial charge in [-0.3, -0.25) is 0 Å². The van der Waals surface area contributed by atoms with Crippen molar-refractivity contribution in [1.82, 2.24) is 19.1 Å². The van der Waals surface area contributed by atoms with Gasteiger partial charge < -0.3 is 19.1 Å². The van der Waals surface area contributed by atoms with Crippen LogP contribution in [0.2, 0.25) is 0 Å². The molecule has 0 spiro atoms. The van der Waals surface area contributed by atoms with Crippen LogP contribution >= 0.6 is 11.5 Å². The molecule has 2 atom stereocenters. The summed E-state index contributed by atoms with van der Waals surface area (Å²) < 4.78 is 25.3. The number of nitriles is 1. The molecule has 36 heavy (non-hydrogen) atoms. The van der Waals surface area contributed by atoms with Crippen LogP contribution in [0.5, 0.6) is 0 Å². The zero-order chi connectivity index (χ0) is 24.7. The van der Waals surface area contributed by atoms with Crippen molar-refractivity contribution in [2.24, 2.45) is 0 Å². The fourth-order valence-electron chi connectivity index (χ4n) is 5.64. The van der Waals surface area contributed by atoms with Crippen LogP contribution in [0.4, 0.5) is 5.82 Å². The molecule has 3 aliphatic heterocycles. The summed E-state index contributed by atoms with van der Waals surface area (Å²) in [6.07, 6.45) is 4.37. The second-order valence-electron chi connectivity index (χ2n) is 10.1. The van der Waals surface area contributed by atoms with Gasteiger partial charge in [-0.25, -0.2) is 9.67 Å². The molecule has 6 rings (SSSR count). The minimum Gasteiger partial charge on any atom is -0.381 e. The van der Waals surface area contributed by atoms with E-state index in [4.69, 9.17) is 28.7 Å². The first kappa shape index (κ1) is 23.8. The Morgan fingerprint density at radius 1 is 1.14 bits per heavy atom. The van der Waals surface area contributed by atoms with Gasteiger partial charge in [-0.2, -0.15) is 14.7 Å². The monoisotopic (exact) mass is 508 g/mol. The molecule has 3 aromatic heterocycles. The second kappa shape index (κ2) is 9.71. The molecule has 2 unspecified atom stereocenters. The van der Waals surface area contributed by atoms with Gasteiger partial charge in [-0.1, -0.05) is 0 Å². The maximum absolute atomic E-state index is 10.4. The molecule has 0 amide bonds. The van der Waals surface area contributed by atoms with E-state index >= 15 is 0 Å². The maximum atomic E-state index is 10.4. The van der Waals surface area contributed by atoms with E-state index in [0.29, 0.717) is 39.3 Å². The van der Waals surface area contributed by atoms with E-state index in [1.165, 1.54) is 11.5 Å². The average molecular weight is 509 g/mol. The third kappa shape index (κ3) is 4.08. The predicted molar refractivity (Wildman–Crippen MR) is 137 cm³/mol. The Labute approximate surface area is 215 Å². The number of anilines is 1. The summed E-state index contributed by atoms with van der Waals surface area (Å²) in [6.45, 7) is 8.16. The van der Waals surface area contributed by atoms with Crippen molar-refractivity contribution in [2.45, 2.75) is 63.6 Å². The maximum Gasteiger partial charge on any atom is 0.150 e. The number of nitrogens with zero attached hydrogens (tertiary/aromatic N) is 6. The van der Waals surface area contributed by atoms with Crippen molar-refractivity contribution in [3.8, 4) is 17.5 Å².